The highest BCUT2D eigenvalue weighted by Crippen LogP contribution is 2.51. The Labute approximate surface area is 409 Å². The summed E-state index contributed by atoms with van der Waals surface area (Å²) in [5.74, 6) is 2.42. The summed E-state index contributed by atoms with van der Waals surface area (Å²) < 4.78 is 9.24. The summed E-state index contributed by atoms with van der Waals surface area (Å²) in [4.78, 5) is 10.1. The van der Waals surface area contributed by atoms with E-state index in [-0.39, 0.29) is 10.8 Å². The van der Waals surface area contributed by atoms with Gasteiger partial charge in [-0.2, -0.15) is 0 Å². The van der Waals surface area contributed by atoms with E-state index in [1.165, 1.54) is 55.8 Å². The quantitative estimate of drug-likeness (QED) is 0.137. The first kappa shape index (κ1) is 45.4. The predicted molar refractivity (Wildman–Crippen MR) is 290 cm³/mol. The Balaban J connectivity index is 1.14. The molecule has 5 nitrogen and oxygen atoms in total. The number of rotatable bonds is 10. The fourth-order valence-corrected chi connectivity index (χ4v) is 10.3. The van der Waals surface area contributed by atoms with Gasteiger partial charge >= 0.3 is 0 Å². The third-order valence-corrected chi connectivity index (χ3v) is 14.3. The molecule has 0 amide bonds. The van der Waals surface area contributed by atoms with Crippen molar-refractivity contribution >= 4 is 33.2 Å². The van der Waals surface area contributed by atoms with E-state index in [1.807, 2.05) is 6.20 Å². The Bertz CT molecular complexity index is 3350. The zero-order valence-electron chi connectivity index (χ0n) is 41.9. The van der Waals surface area contributed by atoms with E-state index in [0.29, 0.717) is 6.67 Å². The van der Waals surface area contributed by atoms with Crippen LogP contribution in [0.3, 0.4) is 0 Å². The lowest BCUT2D eigenvalue weighted by Crippen LogP contribution is -2.34. The molecule has 10 rings (SSSR count). The van der Waals surface area contributed by atoms with Gasteiger partial charge in [-0.1, -0.05) is 191 Å². The number of hydrogen-bond acceptors (Lipinski definition) is 4. The summed E-state index contributed by atoms with van der Waals surface area (Å²) in [6.07, 6.45) is 1.93. The van der Waals surface area contributed by atoms with Crippen molar-refractivity contribution in [3.63, 3.8) is 0 Å². The van der Waals surface area contributed by atoms with Crippen LogP contribution in [0.1, 0.15) is 91.5 Å². The molecule has 0 saturated heterocycles. The van der Waals surface area contributed by atoms with Crippen LogP contribution in [0.15, 0.2) is 206 Å². The van der Waals surface area contributed by atoms with Crippen molar-refractivity contribution in [2.45, 2.75) is 90.9 Å². The molecule has 2 aromatic heterocycles. The second-order valence-electron chi connectivity index (χ2n) is 21.8. The summed E-state index contributed by atoms with van der Waals surface area (Å²) in [5, 5.41) is 2.34. The van der Waals surface area contributed by atoms with E-state index in [2.05, 4.69) is 272 Å². The van der Waals surface area contributed by atoms with Crippen molar-refractivity contribution in [1.82, 2.24) is 9.55 Å². The first-order valence-corrected chi connectivity index (χ1v) is 24.4. The summed E-state index contributed by atoms with van der Waals surface area (Å²) in [5.41, 5.74) is 13.4. The van der Waals surface area contributed by atoms with Gasteiger partial charge in [0, 0.05) is 51.3 Å². The lowest BCUT2D eigenvalue weighted by molar-refractivity contribution is 0.483. The molecule has 3 heterocycles. The van der Waals surface area contributed by atoms with Gasteiger partial charge < -0.3 is 14.5 Å². The Morgan fingerprint density at radius 2 is 0.971 bits per heavy atom. The number of benzene rings is 7. The third kappa shape index (κ3) is 8.50. The van der Waals surface area contributed by atoms with Crippen LogP contribution in [-0.2, 0) is 21.7 Å². The number of para-hydroxylation sites is 1. The van der Waals surface area contributed by atoms with Gasteiger partial charge in [0.1, 0.15) is 17.3 Å². The average Bonchev–Trinajstić information content (AvgIpc) is 3.93. The first-order valence-electron chi connectivity index (χ1n) is 24.4. The standard InChI is InChI=1S/C64H64N4O/c1-61(2,3)48-35-36-65-58(40-48)68-56-32-21-20-31-54(56)55-34-33-53(42-57(55)68)69-52-30-22-29-50(41-52)66-43-67(51-38-45(44-23-14-11-15-24-44)37-49(39-51)62(4,5)6)60(64(9,10)47-27-18-13-19-28-47)59(66)63(7,8)46-25-16-12-17-26-46/h11-42H,43H2,1-10H3. The minimum Gasteiger partial charge on any atom is -0.457 e. The summed E-state index contributed by atoms with van der Waals surface area (Å²) >= 11 is 0. The lowest BCUT2D eigenvalue weighted by atomic mass is 9.73. The van der Waals surface area contributed by atoms with Crippen LogP contribution < -0.4 is 14.5 Å². The molecule has 346 valence electrons. The third-order valence-electron chi connectivity index (χ3n) is 14.3. The molecule has 9 aromatic rings. The molecular formula is C64H64N4O. The van der Waals surface area contributed by atoms with E-state index >= 15 is 0 Å². The topological polar surface area (TPSA) is 33.5 Å². The molecule has 5 heteroatoms. The van der Waals surface area contributed by atoms with Crippen LogP contribution in [0.5, 0.6) is 11.5 Å². The summed E-state index contributed by atoms with van der Waals surface area (Å²) in [7, 11) is 0. The number of allylic oxidation sites excluding steroid dienone is 2. The number of pyridine rings is 1. The van der Waals surface area contributed by atoms with Gasteiger partial charge in [0.15, 0.2) is 0 Å². The Morgan fingerprint density at radius 3 is 1.61 bits per heavy atom. The molecule has 0 spiro atoms. The largest absolute Gasteiger partial charge is 0.457 e. The second kappa shape index (κ2) is 17.3. The number of aromatic nitrogens is 2. The van der Waals surface area contributed by atoms with Crippen LogP contribution in [0, 0.1) is 0 Å². The molecule has 7 aromatic carbocycles. The Morgan fingerprint density at radius 1 is 0.406 bits per heavy atom. The molecule has 0 radical (unpaired) electrons. The molecule has 0 N–H and O–H groups in total. The van der Waals surface area contributed by atoms with Gasteiger partial charge in [0.25, 0.3) is 0 Å². The van der Waals surface area contributed by atoms with E-state index in [1.54, 1.807) is 0 Å². The normalized spacial score (nSPS) is 13.8. The SMILES string of the molecule is CC(C)(C)c1cc(-c2ccccc2)cc(N2CN(c3cccc(Oc4ccc5c6ccccc6n(-c6cc(C(C)(C)C)ccn6)c5c4)c3)C(C(C)(C)c3ccccc3)=C2C(C)(C)c2ccccc2)c1. The Kier molecular flexibility index (Phi) is 11.4. The molecule has 0 aliphatic carbocycles. The monoisotopic (exact) mass is 905 g/mol. The number of hydrogen-bond donors (Lipinski definition) is 0. The number of anilines is 2. The second-order valence-corrected chi connectivity index (χ2v) is 21.8. The maximum absolute atomic E-state index is 6.96. The first-order chi connectivity index (χ1) is 33.0. The molecule has 0 atom stereocenters. The molecular weight excluding hydrogens is 841 g/mol. The zero-order valence-corrected chi connectivity index (χ0v) is 41.9. The molecule has 0 saturated carbocycles. The lowest BCUT2D eigenvalue weighted by Gasteiger charge is -2.38. The molecule has 1 aliphatic rings. The van der Waals surface area contributed by atoms with Crippen LogP contribution in [0.25, 0.3) is 38.8 Å². The maximum Gasteiger partial charge on any atom is 0.137 e. The van der Waals surface area contributed by atoms with Crippen molar-refractivity contribution in [2.24, 2.45) is 0 Å². The van der Waals surface area contributed by atoms with Crippen LogP contribution >= 0.6 is 0 Å². The fourth-order valence-electron chi connectivity index (χ4n) is 10.3. The minimum absolute atomic E-state index is 0.0207. The highest BCUT2D eigenvalue weighted by molar-refractivity contribution is 6.09. The fraction of sp³-hybridized carbons (Fsp3) is 0.234. The molecule has 69 heavy (non-hydrogen) atoms. The molecule has 0 bridgehead atoms. The van der Waals surface area contributed by atoms with E-state index < -0.39 is 10.8 Å². The van der Waals surface area contributed by atoms with E-state index in [0.717, 1.165) is 39.4 Å². The van der Waals surface area contributed by atoms with Gasteiger partial charge in [0.2, 0.25) is 0 Å². The van der Waals surface area contributed by atoms with Gasteiger partial charge in [-0.15, -0.1) is 0 Å². The smallest absolute Gasteiger partial charge is 0.137 e. The van der Waals surface area contributed by atoms with Gasteiger partial charge in [-0.05, 0) is 98.8 Å². The maximum atomic E-state index is 6.96. The summed E-state index contributed by atoms with van der Waals surface area (Å²) in [6, 6.07) is 68.1. The van der Waals surface area contributed by atoms with Crippen LogP contribution in [-0.4, -0.2) is 16.2 Å². The highest BCUT2D eigenvalue weighted by atomic mass is 16.5. The minimum atomic E-state index is -0.422. The predicted octanol–water partition coefficient (Wildman–Crippen LogP) is 16.7. The zero-order chi connectivity index (χ0) is 48.3. The van der Waals surface area contributed by atoms with E-state index in [4.69, 9.17) is 9.72 Å². The van der Waals surface area contributed by atoms with Crippen LogP contribution in [0.2, 0.25) is 0 Å². The molecule has 0 fully saturated rings. The summed E-state index contributed by atoms with van der Waals surface area (Å²) in [6.45, 7) is 23.9. The highest BCUT2D eigenvalue weighted by Gasteiger charge is 2.46. The molecule has 1 aliphatic heterocycles. The van der Waals surface area contributed by atoms with Gasteiger partial charge in [0.05, 0.1) is 29.1 Å². The van der Waals surface area contributed by atoms with Crippen molar-refractivity contribution < 1.29 is 4.74 Å². The number of nitrogens with zero attached hydrogens (tertiary/aromatic N) is 4. The average molecular weight is 905 g/mol. The van der Waals surface area contributed by atoms with E-state index in [9.17, 15) is 0 Å². The van der Waals surface area contributed by atoms with Gasteiger partial charge in [-0.3, -0.25) is 4.57 Å². The number of ether oxygens (including phenoxy) is 1. The van der Waals surface area contributed by atoms with Crippen molar-refractivity contribution in [3.8, 4) is 28.4 Å². The molecule has 0 unspecified atom stereocenters. The van der Waals surface area contributed by atoms with Crippen molar-refractivity contribution in [3.05, 3.63) is 228 Å². The van der Waals surface area contributed by atoms with Crippen molar-refractivity contribution in [2.75, 3.05) is 16.5 Å². The van der Waals surface area contributed by atoms with Gasteiger partial charge in [-0.25, -0.2) is 4.98 Å². The van der Waals surface area contributed by atoms with Crippen molar-refractivity contribution in [1.29, 1.82) is 0 Å². The Hall–Kier alpha value is -7.37. The van der Waals surface area contributed by atoms with Crippen LogP contribution in [0.4, 0.5) is 11.4 Å². The number of fused-ring (bicyclic) bond motifs is 3.